The number of hydrazone groups is 1. The molecule has 0 atom stereocenters. The van der Waals surface area contributed by atoms with Crippen LogP contribution in [0.5, 0.6) is 5.75 Å². The van der Waals surface area contributed by atoms with Gasteiger partial charge in [-0.25, -0.2) is 0 Å². The molecule has 12 heteroatoms. The van der Waals surface area contributed by atoms with Crippen LogP contribution in [0.1, 0.15) is 17.6 Å². The number of hydrogen-bond acceptors (Lipinski definition) is 9. The number of benzene rings is 1. The summed E-state index contributed by atoms with van der Waals surface area (Å²) in [5.74, 6) is 0.165. The summed E-state index contributed by atoms with van der Waals surface area (Å²) in [7, 11) is 0. The van der Waals surface area contributed by atoms with Crippen LogP contribution in [0.3, 0.4) is 0 Å². The molecule has 0 bridgehead atoms. The van der Waals surface area contributed by atoms with Gasteiger partial charge >= 0.3 is 0 Å². The Kier molecular flexibility index (Phi) is 5.59. The Balaban J connectivity index is 1.45. The molecular formula is C22H15N5O5S2. The molecular weight excluding hydrogens is 478 g/mol. The normalized spacial score (nSPS) is 16.5. The highest BCUT2D eigenvalue weighted by atomic mass is 32.2. The molecule has 0 saturated heterocycles. The first-order valence-electron chi connectivity index (χ1n) is 10.00. The summed E-state index contributed by atoms with van der Waals surface area (Å²) >= 11 is 2.73. The second kappa shape index (κ2) is 8.72. The zero-order chi connectivity index (χ0) is 23.8. The molecule has 5 rings (SSSR count). The Hall–Kier alpha value is -4.03. The van der Waals surface area contributed by atoms with Crippen molar-refractivity contribution in [2.45, 2.75) is 6.92 Å². The average Bonchev–Trinajstić information content (AvgIpc) is 3.57. The molecule has 2 aliphatic heterocycles. The van der Waals surface area contributed by atoms with Gasteiger partial charge in [-0.3, -0.25) is 20.3 Å². The minimum absolute atomic E-state index is 0.00243. The van der Waals surface area contributed by atoms with Crippen molar-refractivity contribution in [1.29, 1.82) is 5.41 Å². The zero-order valence-electron chi connectivity index (χ0n) is 17.5. The Labute approximate surface area is 200 Å². The molecule has 4 heterocycles. The number of amides is 1. The number of aliphatic imine (C=N–C) groups is 1. The standard InChI is InChI=1S/C22H15N5O5S2/c1-2-31-12-5-7-14(16(11-12)27(29)30)17-8-6-13(32-17)10-15-19(23)26-22(24-20(15)28)34-21(25-26)18-4-3-9-33-18/h3-11,23H,2H2,1H3/b15-10-,23-19?. The van der Waals surface area contributed by atoms with E-state index in [9.17, 15) is 14.9 Å². The van der Waals surface area contributed by atoms with E-state index in [0.717, 1.165) is 4.88 Å². The number of nitrogens with zero attached hydrogens (tertiary/aromatic N) is 4. The molecule has 0 aliphatic carbocycles. The first-order chi connectivity index (χ1) is 16.4. The van der Waals surface area contributed by atoms with Gasteiger partial charge < -0.3 is 9.15 Å². The number of furan rings is 1. The quantitative estimate of drug-likeness (QED) is 0.291. The third kappa shape index (κ3) is 3.93. The Morgan fingerprint density at radius 1 is 1.29 bits per heavy atom. The maximum atomic E-state index is 12.6. The van der Waals surface area contributed by atoms with Gasteiger partial charge in [0.05, 0.1) is 33.6 Å². The van der Waals surface area contributed by atoms with Crippen LogP contribution in [0.25, 0.3) is 17.4 Å². The molecule has 2 aromatic heterocycles. The van der Waals surface area contributed by atoms with Crippen LogP contribution in [0.4, 0.5) is 5.69 Å². The summed E-state index contributed by atoms with van der Waals surface area (Å²) < 4.78 is 11.1. The van der Waals surface area contributed by atoms with Gasteiger partial charge in [0.25, 0.3) is 11.6 Å². The number of hydrogen-bond donors (Lipinski definition) is 1. The highest BCUT2D eigenvalue weighted by Crippen LogP contribution is 2.36. The summed E-state index contributed by atoms with van der Waals surface area (Å²) in [5, 5.41) is 28.7. The van der Waals surface area contributed by atoms with E-state index >= 15 is 0 Å². The van der Waals surface area contributed by atoms with Crippen LogP contribution in [0.15, 0.2) is 67.9 Å². The number of rotatable bonds is 6. The van der Waals surface area contributed by atoms with Crippen molar-refractivity contribution < 1.29 is 18.9 Å². The summed E-state index contributed by atoms with van der Waals surface area (Å²) in [6.07, 6.45) is 1.39. The van der Waals surface area contributed by atoms with E-state index < -0.39 is 10.8 Å². The summed E-state index contributed by atoms with van der Waals surface area (Å²) in [4.78, 5) is 28.7. The number of nitro benzene ring substituents is 1. The predicted octanol–water partition coefficient (Wildman–Crippen LogP) is 4.98. The molecule has 10 nitrogen and oxygen atoms in total. The molecule has 3 aromatic rings. The molecule has 170 valence electrons. The van der Waals surface area contributed by atoms with Crippen LogP contribution in [-0.4, -0.2) is 38.5 Å². The third-order valence-electron chi connectivity index (χ3n) is 4.84. The van der Waals surface area contributed by atoms with Gasteiger partial charge in [0.1, 0.15) is 22.3 Å². The van der Waals surface area contributed by atoms with E-state index in [4.69, 9.17) is 14.6 Å². The van der Waals surface area contributed by atoms with Gasteiger partial charge in [-0.15, -0.1) is 11.3 Å². The van der Waals surface area contributed by atoms with Crippen molar-refractivity contribution in [1.82, 2.24) is 5.01 Å². The van der Waals surface area contributed by atoms with Gasteiger partial charge in [-0.2, -0.15) is 15.1 Å². The van der Waals surface area contributed by atoms with Gasteiger partial charge in [0.15, 0.2) is 5.84 Å². The molecule has 1 amide bonds. The number of fused-ring (bicyclic) bond motifs is 1. The van der Waals surface area contributed by atoms with Gasteiger partial charge in [-0.1, -0.05) is 6.07 Å². The fourth-order valence-corrected chi connectivity index (χ4v) is 5.02. The zero-order valence-corrected chi connectivity index (χ0v) is 19.2. The lowest BCUT2D eigenvalue weighted by molar-refractivity contribution is -0.384. The Morgan fingerprint density at radius 2 is 2.15 bits per heavy atom. The first-order valence-corrected chi connectivity index (χ1v) is 11.7. The molecule has 1 N–H and O–H groups in total. The van der Waals surface area contributed by atoms with Crippen LogP contribution in [-0.2, 0) is 4.79 Å². The van der Waals surface area contributed by atoms with Gasteiger partial charge in [0.2, 0.25) is 5.17 Å². The van der Waals surface area contributed by atoms with Crippen molar-refractivity contribution in [3.8, 4) is 17.1 Å². The van der Waals surface area contributed by atoms with Crippen LogP contribution in [0, 0.1) is 15.5 Å². The second-order valence-corrected chi connectivity index (χ2v) is 8.88. The van der Waals surface area contributed by atoms with E-state index in [1.165, 1.54) is 40.2 Å². The maximum absolute atomic E-state index is 12.6. The second-order valence-electron chi connectivity index (χ2n) is 6.97. The minimum Gasteiger partial charge on any atom is -0.494 e. The topological polar surface area (TPSA) is 134 Å². The van der Waals surface area contributed by atoms with Crippen molar-refractivity contribution >= 4 is 56.8 Å². The van der Waals surface area contributed by atoms with Crippen LogP contribution in [0.2, 0.25) is 0 Å². The number of amidine groups is 2. The van der Waals surface area contributed by atoms with Crippen molar-refractivity contribution in [2.24, 2.45) is 10.1 Å². The molecule has 0 fully saturated rings. The van der Waals surface area contributed by atoms with E-state index in [-0.39, 0.29) is 34.2 Å². The van der Waals surface area contributed by atoms with E-state index in [1.807, 2.05) is 17.5 Å². The summed E-state index contributed by atoms with van der Waals surface area (Å²) in [5.41, 5.74) is 0.104. The number of carbonyl (C=O) groups excluding carboxylic acids is 1. The van der Waals surface area contributed by atoms with E-state index in [0.29, 0.717) is 22.6 Å². The lowest BCUT2D eigenvalue weighted by atomic mass is 10.1. The predicted molar refractivity (Wildman–Crippen MR) is 130 cm³/mol. The highest BCUT2D eigenvalue weighted by molar-refractivity contribution is 8.27. The van der Waals surface area contributed by atoms with Crippen molar-refractivity contribution in [3.63, 3.8) is 0 Å². The number of thiophene rings is 1. The van der Waals surface area contributed by atoms with Crippen molar-refractivity contribution in [2.75, 3.05) is 6.61 Å². The Morgan fingerprint density at radius 3 is 2.88 bits per heavy atom. The lowest BCUT2D eigenvalue weighted by Crippen LogP contribution is -2.35. The van der Waals surface area contributed by atoms with Gasteiger partial charge in [0, 0.05) is 0 Å². The third-order valence-corrected chi connectivity index (χ3v) is 6.79. The smallest absolute Gasteiger partial charge is 0.284 e. The number of thioether (sulfide) groups is 1. The number of carbonyl (C=O) groups is 1. The van der Waals surface area contributed by atoms with E-state index in [2.05, 4.69) is 10.1 Å². The molecule has 1 aromatic carbocycles. The number of nitrogens with one attached hydrogen (secondary N) is 1. The van der Waals surface area contributed by atoms with Crippen LogP contribution >= 0.6 is 23.1 Å². The molecule has 0 unspecified atom stereocenters. The highest BCUT2D eigenvalue weighted by Gasteiger charge is 2.36. The minimum atomic E-state index is -0.587. The monoisotopic (exact) mass is 493 g/mol. The summed E-state index contributed by atoms with van der Waals surface area (Å²) in [6.45, 7) is 2.17. The molecule has 0 spiro atoms. The Bertz CT molecular complexity index is 1420. The average molecular weight is 494 g/mol. The first kappa shape index (κ1) is 21.8. The lowest BCUT2D eigenvalue weighted by Gasteiger charge is -2.19. The summed E-state index contributed by atoms with van der Waals surface area (Å²) in [6, 6.07) is 11.4. The largest absolute Gasteiger partial charge is 0.494 e. The van der Waals surface area contributed by atoms with Gasteiger partial charge in [-0.05, 0) is 60.5 Å². The van der Waals surface area contributed by atoms with Crippen LogP contribution < -0.4 is 4.74 Å². The van der Waals surface area contributed by atoms with Crippen molar-refractivity contribution in [3.05, 3.63) is 74.2 Å². The van der Waals surface area contributed by atoms with E-state index in [1.54, 1.807) is 31.2 Å². The number of ether oxygens (including phenoxy) is 1. The molecule has 34 heavy (non-hydrogen) atoms. The molecule has 2 aliphatic rings. The molecule has 0 radical (unpaired) electrons. The number of nitro groups is 1. The fourth-order valence-electron chi connectivity index (χ4n) is 3.34. The SMILES string of the molecule is CCOc1ccc(-c2ccc(/C=C3/C(=N)N4N=C(c5cccs5)SC4=NC3=O)o2)c([N+](=O)[O-])c1. The molecule has 0 saturated carbocycles. The fraction of sp³-hybridized carbons (Fsp3) is 0.0909. The maximum Gasteiger partial charge on any atom is 0.284 e.